The topological polar surface area (TPSA) is 54.8 Å². The molecule has 0 unspecified atom stereocenters. The van der Waals surface area contributed by atoms with Crippen LogP contribution in [0.3, 0.4) is 0 Å². The summed E-state index contributed by atoms with van der Waals surface area (Å²) in [6.07, 6.45) is 5.24. The fraction of sp³-hybridized carbons (Fsp3) is 0.571. The van der Waals surface area contributed by atoms with Crippen molar-refractivity contribution in [2.24, 2.45) is 5.41 Å². The molecule has 2 heterocycles. The number of aromatic nitrogens is 1. The zero-order valence-electron chi connectivity index (χ0n) is 15.9. The lowest BCUT2D eigenvalue weighted by molar-refractivity contribution is 0.0408. The molecule has 2 atom stereocenters. The van der Waals surface area contributed by atoms with Gasteiger partial charge in [-0.3, -0.25) is 0 Å². The number of hydrogen-bond acceptors (Lipinski definition) is 5. The van der Waals surface area contributed by atoms with Gasteiger partial charge in [-0.05, 0) is 50.3 Å². The third-order valence-corrected chi connectivity index (χ3v) is 6.29. The van der Waals surface area contributed by atoms with Crippen LogP contribution in [0.4, 0.5) is 5.82 Å². The van der Waals surface area contributed by atoms with E-state index in [1.807, 2.05) is 12.1 Å². The Balaban J connectivity index is 1.75. The molecule has 1 aliphatic heterocycles. The molecule has 1 N–H and O–H groups in total. The van der Waals surface area contributed by atoms with Crippen molar-refractivity contribution in [1.29, 1.82) is 0 Å². The second kappa shape index (κ2) is 6.62. The number of benzene rings is 1. The third kappa shape index (κ3) is 2.78. The first-order valence-corrected chi connectivity index (χ1v) is 9.53. The summed E-state index contributed by atoms with van der Waals surface area (Å²) >= 11 is 0. The lowest BCUT2D eigenvalue weighted by atomic mass is 9.76. The van der Waals surface area contributed by atoms with E-state index in [1.165, 1.54) is 0 Å². The summed E-state index contributed by atoms with van der Waals surface area (Å²) in [6, 6.07) is 6.06. The Morgan fingerprint density at radius 1 is 1.15 bits per heavy atom. The second-order valence-electron chi connectivity index (χ2n) is 7.82. The lowest BCUT2D eigenvalue weighted by Crippen LogP contribution is -2.47. The van der Waals surface area contributed by atoms with Crippen molar-refractivity contribution in [2.45, 2.75) is 45.1 Å². The predicted molar refractivity (Wildman–Crippen MR) is 103 cm³/mol. The molecule has 140 valence electrons. The van der Waals surface area contributed by atoms with E-state index >= 15 is 0 Å². The molecule has 26 heavy (non-hydrogen) atoms. The Kier molecular flexibility index (Phi) is 4.43. The number of aliphatic hydroxyl groups is 1. The molecule has 1 saturated carbocycles. The number of aryl methyl sites for hydroxylation is 1. The molecule has 1 spiro atoms. The molecule has 1 aliphatic carbocycles. The molecule has 1 saturated heterocycles. The SMILES string of the molecule is COc1cc(OC)c2nc(N3CCC[C@@]4(CCC[C@H]4O)C3)cc(C)c2c1. The van der Waals surface area contributed by atoms with Crippen molar-refractivity contribution in [2.75, 3.05) is 32.2 Å². The smallest absolute Gasteiger partial charge is 0.148 e. The van der Waals surface area contributed by atoms with Crippen LogP contribution in [-0.4, -0.2) is 43.5 Å². The minimum Gasteiger partial charge on any atom is -0.497 e. The first-order chi connectivity index (χ1) is 12.6. The highest BCUT2D eigenvalue weighted by Crippen LogP contribution is 2.46. The Hall–Kier alpha value is -2.01. The van der Waals surface area contributed by atoms with Gasteiger partial charge in [-0.25, -0.2) is 4.98 Å². The van der Waals surface area contributed by atoms with Crippen molar-refractivity contribution >= 4 is 16.7 Å². The summed E-state index contributed by atoms with van der Waals surface area (Å²) < 4.78 is 11.0. The van der Waals surface area contributed by atoms with E-state index in [9.17, 15) is 5.11 Å². The number of methoxy groups -OCH3 is 2. The van der Waals surface area contributed by atoms with E-state index in [0.29, 0.717) is 0 Å². The summed E-state index contributed by atoms with van der Waals surface area (Å²) in [5.74, 6) is 2.49. The molecule has 5 nitrogen and oxygen atoms in total. The molecular weight excluding hydrogens is 328 g/mol. The number of piperidine rings is 1. The first-order valence-electron chi connectivity index (χ1n) is 9.53. The minimum atomic E-state index is -0.175. The largest absolute Gasteiger partial charge is 0.497 e. The number of ether oxygens (including phenoxy) is 2. The second-order valence-corrected chi connectivity index (χ2v) is 7.82. The summed E-state index contributed by atoms with van der Waals surface area (Å²) in [6.45, 7) is 3.99. The Labute approximate surface area is 154 Å². The molecule has 4 rings (SSSR count). The zero-order valence-corrected chi connectivity index (χ0v) is 15.9. The number of anilines is 1. The van der Waals surface area contributed by atoms with Crippen LogP contribution in [0.25, 0.3) is 10.9 Å². The van der Waals surface area contributed by atoms with Crippen molar-refractivity contribution in [3.05, 3.63) is 23.8 Å². The van der Waals surface area contributed by atoms with Gasteiger partial charge in [0.15, 0.2) is 0 Å². The number of nitrogens with zero attached hydrogens (tertiary/aromatic N) is 2. The van der Waals surface area contributed by atoms with Crippen LogP contribution >= 0.6 is 0 Å². The van der Waals surface area contributed by atoms with E-state index in [0.717, 1.165) is 79.0 Å². The highest BCUT2D eigenvalue weighted by atomic mass is 16.5. The van der Waals surface area contributed by atoms with E-state index < -0.39 is 0 Å². The van der Waals surface area contributed by atoms with E-state index in [-0.39, 0.29) is 11.5 Å². The molecule has 1 aromatic carbocycles. The average Bonchev–Trinajstić information content (AvgIpc) is 3.00. The lowest BCUT2D eigenvalue weighted by Gasteiger charge is -2.43. The van der Waals surface area contributed by atoms with Crippen LogP contribution in [0, 0.1) is 12.3 Å². The van der Waals surface area contributed by atoms with Crippen molar-refractivity contribution in [1.82, 2.24) is 4.98 Å². The van der Waals surface area contributed by atoms with Gasteiger partial charge in [0.2, 0.25) is 0 Å². The van der Waals surface area contributed by atoms with Gasteiger partial charge < -0.3 is 19.5 Å². The van der Waals surface area contributed by atoms with Crippen LogP contribution in [0.1, 0.15) is 37.7 Å². The average molecular weight is 356 g/mol. The molecule has 1 aromatic heterocycles. The van der Waals surface area contributed by atoms with Crippen molar-refractivity contribution in [3.8, 4) is 11.5 Å². The summed E-state index contributed by atoms with van der Waals surface area (Å²) in [7, 11) is 3.33. The van der Waals surface area contributed by atoms with Crippen molar-refractivity contribution < 1.29 is 14.6 Å². The van der Waals surface area contributed by atoms with Gasteiger partial charge in [0, 0.05) is 30.0 Å². The quantitative estimate of drug-likeness (QED) is 0.909. The van der Waals surface area contributed by atoms with Crippen LogP contribution in [0.15, 0.2) is 18.2 Å². The summed E-state index contributed by atoms with van der Waals surface area (Å²) in [5.41, 5.74) is 2.08. The molecule has 2 aliphatic rings. The van der Waals surface area contributed by atoms with Gasteiger partial charge in [0.05, 0.1) is 20.3 Å². The van der Waals surface area contributed by atoms with E-state index in [1.54, 1.807) is 14.2 Å². The van der Waals surface area contributed by atoms with Crippen molar-refractivity contribution in [3.63, 3.8) is 0 Å². The molecule has 2 fully saturated rings. The standard InChI is InChI=1S/C21H28N2O3/c1-14-10-19(22-20-16(14)11-15(25-2)12-17(20)26-3)23-9-5-8-21(13-23)7-4-6-18(21)24/h10-12,18,24H,4-9,13H2,1-3H3/t18-,21+/m1/s1. The molecular formula is C21H28N2O3. The van der Waals surface area contributed by atoms with Crippen LogP contribution in [0.5, 0.6) is 11.5 Å². The highest BCUT2D eigenvalue weighted by Gasteiger charge is 2.45. The number of pyridine rings is 1. The zero-order chi connectivity index (χ0) is 18.3. The monoisotopic (exact) mass is 356 g/mol. The maximum absolute atomic E-state index is 10.6. The highest BCUT2D eigenvalue weighted by molar-refractivity contribution is 5.90. The van der Waals surface area contributed by atoms with Gasteiger partial charge in [-0.15, -0.1) is 0 Å². The Morgan fingerprint density at radius 2 is 1.96 bits per heavy atom. The van der Waals surface area contributed by atoms with Crippen LogP contribution in [0.2, 0.25) is 0 Å². The number of aliphatic hydroxyl groups excluding tert-OH is 1. The predicted octanol–water partition coefficient (Wildman–Crippen LogP) is 3.69. The summed E-state index contributed by atoms with van der Waals surface area (Å²) in [4.78, 5) is 7.30. The van der Waals surface area contributed by atoms with Gasteiger partial charge in [0.25, 0.3) is 0 Å². The normalized spacial score (nSPS) is 25.8. The van der Waals surface area contributed by atoms with Gasteiger partial charge in [-0.1, -0.05) is 6.42 Å². The van der Waals surface area contributed by atoms with Gasteiger partial charge in [-0.2, -0.15) is 0 Å². The van der Waals surface area contributed by atoms with Gasteiger partial charge >= 0.3 is 0 Å². The number of hydrogen-bond donors (Lipinski definition) is 1. The van der Waals surface area contributed by atoms with Crippen LogP contribution < -0.4 is 14.4 Å². The van der Waals surface area contributed by atoms with Crippen LogP contribution in [-0.2, 0) is 0 Å². The molecule has 0 amide bonds. The molecule has 5 heteroatoms. The fourth-order valence-corrected chi connectivity index (χ4v) is 4.80. The fourth-order valence-electron chi connectivity index (χ4n) is 4.80. The Morgan fingerprint density at radius 3 is 2.65 bits per heavy atom. The molecule has 0 bridgehead atoms. The molecule has 0 radical (unpaired) electrons. The first kappa shape index (κ1) is 17.4. The van der Waals surface area contributed by atoms with E-state index in [2.05, 4.69) is 17.9 Å². The Bertz CT molecular complexity index is 822. The summed E-state index contributed by atoms with van der Waals surface area (Å²) in [5, 5.41) is 11.6. The maximum atomic E-state index is 10.6. The number of rotatable bonds is 3. The third-order valence-electron chi connectivity index (χ3n) is 6.29. The van der Waals surface area contributed by atoms with Gasteiger partial charge in [0.1, 0.15) is 22.8 Å². The minimum absolute atomic E-state index is 0.0484. The number of fused-ring (bicyclic) bond motifs is 1. The maximum Gasteiger partial charge on any atom is 0.148 e. The molecule has 2 aromatic rings. The van der Waals surface area contributed by atoms with E-state index in [4.69, 9.17) is 14.5 Å².